The highest BCUT2D eigenvalue weighted by Gasteiger charge is 2.08. The van der Waals surface area contributed by atoms with E-state index in [2.05, 4.69) is 10.3 Å². The van der Waals surface area contributed by atoms with Crippen LogP contribution < -0.4 is 5.32 Å². The van der Waals surface area contributed by atoms with E-state index in [9.17, 15) is 0 Å². The number of nitrogens with one attached hydrogen (secondary N) is 1. The molecule has 100 valence electrons. The van der Waals surface area contributed by atoms with Crippen molar-refractivity contribution in [3.63, 3.8) is 0 Å². The maximum atomic E-state index is 6.10. The minimum absolute atomic E-state index is 0.336. The van der Waals surface area contributed by atoms with Gasteiger partial charge in [-0.2, -0.15) is 0 Å². The fraction of sp³-hybridized carbons (Fsp3) is 0.154. The maximum Gasteiger partial charge on any atom is 0.154 e. The van der Waals surface area contributed by atoms with Gasteiger partial charge in [0.25, 0.3) is 0 Å². The second-order valence-electron chi connectivity index (χ2n) is 4.02. The van der Waals surface area contributed by atoms with Crippen LogP contribution in [0.5, 0.6) is 0 Å². The van der Waals surface area contributed by atoms with Crippen LogP contribution >= 0.6 is 46.4 Å². The third-order valence-corrected chi connectivity index (χ3v) is 3.68. The molecule has 0 saturated heterocycles. The first-order valence-electron chi connectivity index (χ1n) is 5.48. The zero-order valence-electron chi connectivity index (χ0n) is 9.98. The highest BCUT2D eigenvalue weighted by molar-refractivity contribution is 6.34. The molecule has 0 bridgehead atoms. The van der Waals surface area contributed by atoms with Gasteiger partial charge in [-0.1, -0.05) is 46.4 Å². The van der Waals surface area contributed by atoms with Crippen LogP contribution in [0.3, 0.4) is 0 Å². The first kappa shape index (κ1) is 14.7. The normalized spacial score (nSPS) is 10.6. The fourth-order valence-corrected chi connectivity index (χ4v) is 2.65. The predicted molar refractivity (Wildman–Crippen MR) is 82.8 cm³/mol. The Morgan fingerprint density at radius 2 is 1.84 bits per heavy atom. The van der Waals surface area contributed by atoms with Gasteiger partial charge < -0.3 is 5.32 Å². The lowest BCUT2D eigenvalue weighted by molar-refractivity contribution is 1.12. The van der Waals surface area contributed by atoms with Crippen LogP contribution in [0, 0.1) is 6.92 Å². The smallest absolute Gasteiger partial charge is 0.154 e. The summed E-state index contributed by atoms with van der Waals surface area (Å²) in [6.07, 6.45) is 0. The summed E-state index contributed by atoms with van der Waals surface area (Å²) >= 11 is 23.9. The summed E-state index contributed by atoms with van der Waals surface area (Å²) in [7, 11) is 0. The van der Waals surface area contributed by atoms with E-state index in [0.717, 1.165) is 16.8 Å². The fourth-order valence-electron chi connectivity index (χ4n) is 1.67. The molecule has 0 spiro atoms. The van der Waals surface area contributed by atoms with E-state index in [4.69, 9.17) is 46.4 Å². The van der Waals surface area contributed by atoms with Gasteiger partial charge in [-0.25, -0.2) is 4.98 Å². The quantitative estimate of drug-likeness (QED) is 0.737. The van der Waals surface area contributed by atoms with Gasteiger partial charge in [-0.3, -0.25) is 0 Å². The van der Waals surface area contributed by atoms with Gasteiger partial charge in [-0.05, 0) is 42.3 Å². The Morgan fingerprint density at radius 1 is 1.11 bits per heavy atom. The number of hydrogen-bond donors (Lipinski definition) is 1. The molecule has 2 aromatic rings. The average molecular weight is 336 g/mol. The van der Waals surface area contributed by atoms with Crippen LogP contribution in [0.2, 0.25) is 20.4 Å². The Morgan fingerprint density at radius 3 is 2.53 bits per heavy atom. The molecular formula is C13H10Cl4N2. The molecule has 0 aliphatic heterocycles. The summed E-state index contributed by atoms with van der Waals surface area (Å²) in [6, 6.07) is 7.06. The van der Waals surface area contributed by atoms with Crippen LogP contribution in [0.1, 0.15) is 11.1 Å². The Balaban J connectivity index is 2.21. The van der Waals surface area contributed by atoms with E-state index in [1.54, 1.807) is 18.2 Å². The van der Waals surface area contributed by atoms with Crippen molar-refractivity contribution in [2.24, 2.45) is 0 Å². The minimum Gasteiger partial charge on any atom is -0.378 e. The van der Waals surface area contributed by atoms with E-state index >= 15 is 0 Å². The molecule has 0 saturated carbocycles. The Bertz CT molecular complexity index is 591. The zero-order chi connectivity index (χ0) is 14.0. The number of hydrogen-bond acceptors (Lipinski definition) is 2. The third-order valence-electron chi connectivity index (χ3n) is 2.60. The number of benzene rings is 1. The summed E-state index contributed by atoms with van der Waals surface area (Å²) in [6.45, 7) is 2.41. The summed E-state index contributed by atoms with van der Waals surface area (Å²) in [5.74, 6) is 0. The Labute approximate surface area is 131 Å². The van der Waals surface area contributed by atoms with Crippen molar-refractivity contribution in [1.82, 2.24) is 4.98 Å². The molecule has 1 aromatic heterocycles. The minimum atomic E-state index is 0.336. The zero-order valence-corrected chi connectivity index (χ0v) is 13.0. The Kier molecular flexibility index (Phi) is 4.80. The molecule has 1 aromatic carbocycles. The highest BCUT2D eigenvalue weighted by Crippen LogP contribution is 2.28. The van der Waals surface area contributed by atoms with E-state index < -0.39 is 0 Å². The lowest BCUT2D eigenvalue weighted by Gasteiger charge is -2.12. The van der Waals surface area contributed by atoms with Crippen LogP contribution in [0.4, 0.5) is 5.69 Å². The van der Waals surface area contributed by atoms with Gasteiger partial charge in [0.15, 0.2) is 5.15 Å². The summed E-state index contributed by atoms with van der Waals surface area (Å²) < 4.78 is 0. The number of pyridine rings is 1. The van der Waals surface area contributed by atoms with Crippen LogP contribution in [-0.2, 0) is 6.54 Å². The van der Waals surface area contributed by atoms with Gasteiger partial charge in [0.2, 0.25) is 0 Å². The third kappa shape index (κ3) is 3.67. The molecule has 0 atom stereocenters. The van der Waals surface area contributed by atoms with E-state index in [0.29, 0.717) is 26.9 Å². The topological polar surface area (TPSA) is 24.9 Å². The monoisotopic (exact) mass is 334 g/mol. The first-order valence-corrected chi connectivity index (χ1v) is 6.99. The molecule has 1 N–H and O–H groups in total. The van der Waals surface area contributed by atoms with Crippen LogP contribution in [0.25, 0.3) is 0 Å². The van der Waals surface area contributed by atoms with Crippen molar-refractivity contribution in [3.05, 3.63) is 55.7 Å². The lowest BCUT2D eigenvalue weighted by Crippen LogP contribution is -2.03. The number of nitrogens with zero attached hydrogens (tertiary/aromatic N) is 1. The van der Waals surface area contributed by atoms with Gasteiger partial charge >= 0.3 is 0 Å². The number of halogens is 4. The van der Waals surface area contributed by atoms with E-state index in [1.807, 2.05) is 13.0 Å². The second-order valence-corrected chi connectivity index (χ2v) is 5.61. The Hall–Kier alpha value is -0.670. The first-order chi connectivity index (χ1) is 8.97. The average Bonchev–Trinajstić information content (AvgIpc) is 2.32. The number of aryl methyl sites for hydroxylation is 1. The molecule has 0 aliphatic carbocycles. The van der Waals surface area contributed by atoms with Crippen molar-refractivity contribution in [1.29, 1.82) is 0 Å². The van der Waals surface area contributed by atoms with Crippen molar-refractivity contribution in [3.8, 4) is 0 Å². The molecule has 0 fully saturated rings. The summed E-state index contributed by atoms with van der Waals surface area (Å²) in [4.78, 5) is 4.00. The van der Waals surface area contributed by atoms with E-state index in [-0.39, 0.29) is 0 Å². The standard InChI is InChI=1S/C13H10Cl4N2/c1-7-4-11(16)19-13(17)12(7)18-6-8-5-9(14)2-3-10(8)15/h2-5,18H,6H2,1H3. The van der Waals surface area contributed by atoms with E-state index in [1.165, 1.54) is 0 Å². The van der Waals surface area contributed by atoms with Crippen molar-refractivity contribution >= 4 is 52.1 Å². The molecule has 0 amide bonds. The molecule has 0 unspecified atom stereocenters. The van der Waals surface area contributed by atoms with Gasteiger partial charge in [0, 0.05) is 16.6 Å². The largest absolute Gasteiger partial charge is 0.378 e. The molecular weight excluding hydrogens is 326 g/mol. The van der Waals surface area contributed by atoms with Crippen molar-refractivity contribution in [2.45, 2.75) is 13.5 Å². The predicted octanol–water partition coefficient (Wildman–Crippen LogP) is 5.62. The van der Waals surface area contributed by atoms with Gasteiger partial charge in [-0.15, -0.1) is 0 Å². The summed E-state index contributed by atoms with van der Waals surface area (Å²) in [5.41, 5.74) is 2.55. The van der Waals surface area contributed by atoms with Crippen molar-refractivity contribution < 1.29 is 0 Å². The second kappa shape index (κ2) is 6.19. The summed E-state index contributed by atoms with van der Waals surface area (Å²) in [5, 5.41) is 5.19. The highest BCUT2D eigenvalue weighted by atomic mass is 35.5. The number of aromatic nitrogens is 1. The number of rotatable bonds is 3. The molecule has 0 radical (unpaired) electrons. The van der Waals surface area contributed by atoms with Crippen LogP contribution in [-0.4, -0.2) is 4.98 Å². The number of anilines is 1. The van der Waals surface area contributed by atoms with Crippen LogP contribution in [0.15, 0.2) is 24.3 Å². The molecule has 6 heteroatoms. The maximum absolute atomic E-state index is 6.10. The molecule has 1 heterocycles. The van der Waals surface area contributed by atoms with Crippen molar-refractivity contribution in [2.75, 3.05) is 5.32 Å². The van der Waals surface area contributed by atoms with Gasteiger partial charge in [0.05, 0.1) is 5.69 Å². The molecule has 2 rings (SSSR count). The molecule has 19 heavy (non-hydrogen) atoms. The lowest BCUT2D eigenvalue weighted by atomic mass is 10.2. The van der Waals surface area contributed by atoms with Gasteiger partial charge in [0.1, 0.15) is 5.15 Å². The molecule has 2 nitrogen and oxygen atoms in total. The SMILES string of the molecule is Cc1cc(Cl)nc(Cl)c1NCc1cc(Cl)ccc1Cl. The molecule has 0 aliphatic rings.